The fourth-order valence-corrected chi connectivity index (χ4v) is 3.05. The number of amides is 1. The quantitative estimate of drug-likeness (QED) is 0.621. The third-order valence-corrected chi connectivity index (χ3v) is 3.83. The Bertz CT molecular complexity index is 269. The van der Waals surface area contributed by atoms with Gasteiger partial charge in [-0.3, -0.25) is 0 Å². The summed E-state index contributed by atoms with van der Waals surface area (Å²) in [6.07, 6.45) is 4.39. The molecule has 1 N–H and O–H groups in total. The van der Waals surface area contributed by atoms with E-state index in [0.29, 0.717) is 6.04 Å². The first-order valence-corrected chi connectivity index (χ1v) is 5.48. The van der Waals surface area contributed by atoms with Gasteiger partial charge in [-0.1, -0.05) is 0 Å². The summed E-state index contributed by atoms with van der Waals surface area (Å²) in [6, 6.07) is 0.663. The summed E-state index contributed by atoms with van der Waals surface area (Å²) < 4.78 is 5.42. The maximum Gasteiger partial charge on any atom is 0.407 e. The highest BCUT2D eigenvalue weighted by molar-refractivity contribution is 5.70. The number of rotatable bonds is 0. The van der Waals surface area contributed by atoms with Crippen molar-refractivity contribution in [2.24, 2.45) is 0 Å². The van der Waals surface area contributed by atoms with Crippen molar-refractivity contribution in [1.82, 2.24) is 10.2 Å². The highest BCUT2D eigenvalue weighted by Gasteiger charge is 2.47. The van der Waals surface area contributed by atoms with Gasteiger partial charge >= 0.3 is 6.09 Å². The van der Waals surface area contributed by atoms with Gasteiger partial charge in [0.1, 0.15) is 5.60 Å². The molecule has 4 heteroatoms. The van der Waals surface area contributed by atoms with Crippen molar-refractivity contribution < 1.29 is 9.53 Å². The zero-order valence-corrected chi connectivity index (χ0v) is 8.29. The summed E-state index contributed by atoms with van der Waals surface area (Å²) in [5.74, 6) is 0. The van der Waals surface area contributed by atoms with Crippen LogP contribution in [0.2, 0.25) is 0 Å². The zero-order chi connectivity index (χ0) is 9.60. The lowest BCUT2D eigenvalue weighted by atomic mass is 9.87. The van der Waals surface area contributed by atoms with Crippen molar-refractivity contribution in [3.63, 3.8) is 0 Å². The number of piperidine rings is 1. The molecule has 14 heavy (non-hydrogen) atoms. The molecule has 2 atom stereocenters. The minimum absolute atomic E-state index is 0.164. The van der Waals surface area contributed by atoms with Crippen LogP contribution in [-0.4, -0.2) is 42.3 Å². The van der Waals surface area contributed by atoms with Gasteiger partial charge in [0, 0.05) is 25.4 Å². The molecule has 0 aliphatic carbocycles. The van der Waals surface area contributed by atoms with Crippen LogP contribution in [0.3, 0.4) is 0 Å². The topological polar surface area (TPSA) is 41.6 Å². The Labute approximate surface area is 83.6 Å². The number of fused-ring (bicyclic) bond motifs is 1. The average Bonchev–Trinajstić information content (AvgIpc) is 2.74. The van der Waals surface area contributed by atoms with Crippen molar-refractivity contribution in [3.8, 4) is 0 Å². The minimum Gasteiger partial charge on any atom is -0.441 e. The number of carbonyl (C=O) groups is 1. The van der Waals surface area contributed by atoms with Gasteiger partial charge in [-0.25, -0.2) is 4.79 Å². The van der Waals surface area contributed by atoms with Gasteiger partial charge in [0.05, 0.1) is 6.54 Å². The van der Waals surface area contributed by atoms with E-state index >= 15 is 0 Å². The van der Waals surface area contributed by atoms with Gasteiger partial charge in [0.15, 0.2) is 0 Å². The summed E-state index contributed by atoms with van der Waals surface area (Å²) in [6.45, 7) is 3.05. The Hall–Kier alpha value is -0.770. The zero-order valence-electron chi connectivity index (χ0n) is 8.29. The van der Waals surface area contributed by atoms with Crippen LogP contribution in [-0.2, 0) is 4.74 Å². The predicted octanol–water partition coefficient (Wildman–Crippen LogP) is 0.723. The first-order chi connectivity index (χ1) is 6.77. The molecular weight excluding hydrogens is 180 g/mol. The molecule has 2 unspecified atom stereocenters. The van der Waals surface area contributed by atoms with E-state index in [0.717, 1.165) is 25.9 Å². The van der Waals surface area contributed by atoms with E-state index in [1.165, 1.54) is 19.4 Å². The Morgan fingerprint density at radius 3 is 3.21 bits per heavy atom. The number of alkyl carbamates (subject to hydrolysis) is 1. The molecule has 0 aromatic rings. The number of hydrogen-bond donors (Lipinski definition) is 1. The van der Waals surface area contributed by atoms with Crippen molar-refractivity contribution in [2.45, 2.75) is 37.3 Å². The van der Waals surface area contributed by atoms with Gasteiger partial charge in [-0.05, 0) is 19.4 Å². The first kappa shape index (κ1) is 8.53. The average molecular weight is 196 g/mol. The fraction of sp³-hybridized carbons (Fsp3) is 0.900. The second-order valence-corrected chi connectivity index (χ2v) is 4.71. The molecule has 0 aromatic carbocycles. The monoisotopic (exact) mass is 196 g/mol. The van der Waals surface area contributed by atoms with Crippen LogP contribution in [0.25, 0.3) is 0 Å². The van der Waals surface area contributed by atoms with Crippen molar-refractivity contribution in [1.29, 1.82) is 0 Å². The summed E-state index contributed by atoms with van der Waals surface area (Å²) >= 11 is 0. The summed E-state index contributed by atoms with van der Waals surface area (Å²) in [4.78, 5) is 13.6. The van der Waals surface area contributed by atoms with Gasteiger partial charge in [0.2, 0.25) is 0 Å². The Morgan fingerprint density at radius 1 is 1.50 bits per heavy atom. The van der Waals surface area contributed by atoms with E-state index in [-0.39, 0.29) is 11.7 Å². The van der Waals surface area contributed by atoms with Crippen LogP contribution in [0.15, 0.2) is 0 Å². The molecule has 3 heterocycles. The van der Waals surface area contributed by atoms with E-state index in [1.54, 1.807) is 0 Å². The van der Waals surface area contributed by atoms with Crippen molar-refractivity contribution in [3.05, 3.63) is 0 Å². The summed E-state index contributed by atoms with van der Waals surface area (Å²) in [5, 5.41) is 2.78. The van der Waals surface area contributed by atoms with Gasteiger partial charge in [-0.15, -0.1) is 0 Å². The lowest BCUT2D eigenvalue weighted by Crippen LogP contribution is -2.49. The van der Waals surface area contributed by atoms with E-state index in [4.69, 9.17) is 4.74 Å². The summed E-state index contributed by atoms with van der Waals surface area (Å²) in [5.41, 5.74) is -0.164. The predicted molar refractivity (Wildman–Crippen MR) is 51.0 cm³/mol. The Balaban J connectivity index is 1.74. The third-order valence-electron chi connectivity index (χ3n) is 3.83. The number of nitrogens with one attached hydrogen (secondary N) is 1. The molecule has 0 bridgehead atoms. The normalized spacial score (nSPS) is 42.3. The highest BCUT2D eigenvalue weighted by Crippen LogP contribution is 2.36. The summed E-state index contributed by atoms with van der Waals surface area (Å²) in [7, 11) is 0. The molecule has 1 spiro atoms. The Morgan fingerprint density at radius 2 is 2.43 bits per heavy atom. The maximum absolute atomic E-state index is 11.1. The van der Waals surface area contributed by atoms with Crippen LogP contribution in [0, 0.1) is 0 Å². The second kappa shape index (κ2) is 2.86. The fourth-order valence-electron chi connectivity index (χ4n) is 3.05. The molecule has 0 aromatic heterocycles. The second-order valence-electron chi connectivity index (χ2n) is 4.71. The minimum atomic E-state index is -0.226. The van der Waals surface area contributed by atoms with Crippen LogP contribution in [0.1, 0.15) is 25.7 Å². The van der Waals surface area contributed by atoms with E-state index < -0.39 is 0 Å². The largest absolute Gasteiger partial charge is 0.441 e. The SMILES string of the molecule is O=C1NCC2(CCN3CCCC3C2)O1. The van der Waals surface area contributed by atoms with E-state index in [2.05, 4.69) is 10.2 Å². The number of ether oxygens (including phenoxy) is 1. The smallest absolute Gasteiger partial charge is 0.407 e. The molecule has 3 rings (SSSR count). The molecule has 3 fully saturated rings. The van der Waals surface area contributed by atoms with Gasteiger partial charge in [0.25, 0.3) is 0 Å². The van der Waals surface area contributed by atoms with Crippen molar-refractivity contribution in [2.75, 3.05) is 19.6 Å². The molecule has 3 aliphatic rings. The lowest BCUT2D eigenvalue weighted by molar-refractivity contribution is -0.0137. The number of nitrogens with zero attached hydrogens (tertiary/aromatic N) is 1. The van der Waals surface area contributed by atoms with Crippen LogP contribution in [0.5, 0.6) is 0 Å². The van der Waals surface area contributed by atoms with Gasteiger partial charge in [-0.2, -0.15) is 0 Å². The standard InChI is InChI=1S/C10H16N2O2/c13-9-11-7-10(14-9)3-5-12-4-1-2-8(12)6-10/h8H,1-7H2,(H,11,13). The molecular formula is C10H16N2O2. The molecule has 3 aliphatic heterocycles. The Kier molecular flexibility index (Phi) is 1.74. The molecule has 3 saturated heterocycles. The highest BCUT2D eigenvalue weighted by atomic mass is 16.6. The van der Waals surface area contributed by atoms with Crippen molar-refractivity contribution >= 4 is 6.09 Å². The van der Waals surface area contributed by atoms with E-state index in [9.17, 15) is 4.79 Å². The molecule has 0 saturated carbocycles. The number of carbonyl (C=O) groups excluding carboxylic acids is 1. The van der Waals surface area contributed by atoms with Crippen LogP contribution in [0.4, 0.5) is 4.79 Å². The lowest BCUT2D eigenvalue weighted by Gasteiger charge is -2.39. The molecule has 4 nitrogen and oxygen atoms in total. The van der Waals surface area contributed by atoms with E-state index in [1.807, 2.05) is 0 Å². The molecule has 1 amide bonds. The number of hydrogen-bond acceptors (Lipinski definition) is 3. The first-order valence-electron chi connectivity index (χ1n) is 5.48. The molecule has 0 radical (unpaired) electrons. The van der Waals surface area contributed by atoms with Crippen LogP contribution >= 0.6 is 0 Å². The van der Waals surface area contributed by atoms with Gasteiger partial charge < -0.3 is 15.0 Å². The maximum atomic E-state index is 11.1. The third kappa shape index (κ3) is 1.21. The van der Waals surface area contributed by atoms with Crippen LogP contribution < -0.4 is 5.32 Å². The molecule has 78 valence electrons.